The van der Waals surface area contributed by atoms with Crippen molar-refractivity contribution in [2.75, 3.05) is 6.61 Å². The summed E-state index contributed by atoms with van der Waals surface area (Å²) in [6.07, 6.45) is -2.38. The maximum Gasteiger partial charge on any atom is 0.330 e. The molecule has 1 aromatic heterocycles. The number of hydrogen-bond donors (Lipinski definition) is 2. The van der Waals surface area contributed by atoms with E-state index in [0.717, 1.165) is 10.6 Å². The first-order valence-corrected chi connectivity index (χ1v) is 4.95. The van der Waals surface area contributed by atoms with Crippen molar-refractivity contribution in [3.05, 3.63) is 45.3 Å². The second-order valence-corrected chi connectivity index (χ2v) is 3.70. The fraction of sp³-hybridized carbons (Fsp3) is 0.400. The molecule has 2 N–H and O–H groups in total. The van der Waals surface area contributed by atoms with Gasteiger partial charge in [-0.25, -0.2) is 9.18 Å². The fourth-order valence-corrected chi connectivity index (χ4v) is 1.69. The summed E-state index contributed by atoms with van der Waals surface area (Å²) >= 11 is 0. The van der Waals surface area contributed by atoms with Crippen molar-refractivity contribution >= 4 is 0 Å². The van der Waals surface area contributed by atoms with E-state index in [1.165, 1.54) is 6.20 Å². The van der Waals surface area contributed by atoms with Crippen molar-refractivity contribution in [1.29, 1.82) is 0 Å². The molecule has 3 atom stereocenters. The molecular formula is C10H11FN2O4. The minimum atomic E-state index is -1.54. The lowest BCUT2D eigenvalue weighted by molar-refractivity contribution is -0.0321. The highest BCUT2D eigenvalue weighted by atomic mass is 19.1. The summed E-state index contributed by atoms with van der Waals surface area (Å²) in [5.41, 5.74) is -1.22. The van der Waals surface area contributed by atoms with Gasteiger partial charge in [0.25, 0.3) is 5.56 Å². The Hall–Kier alpha value is -1.73. The van der Waals surface area contributed by atoms with Gasteiger partial charge in [0, 0.05) is 17.8 Å². The third-order valence-corrected chi connectivity index (χ3v) is 2.59. The Morgan fingerprint density at radius 2 is 2.29 bits per heavy atom. The monoisotopic (exact) mass is 242 g/mol. The molecule has 0 spiro atoms. The van der Waals surface area contributed by atoms with Gasteiger partial charge in [-0.15, -0.1) is 0 Å². The molecule has 6 nitrogen and oxygen atoms in total. The Bertz CT molecular complexity index is 550. The number of H-pyrrole nitrogens is 1. The number of aromatic amines is 1. The summed E-state index contributed by atoms with van der Waals surface area (Å²) < 4.78 is 19.7. The van der Waals surface area contributed by atoms with Gasteiger partial charge < -0.3 is 9.84 Å². The maximum atomic E-state index is 13.6. The Kier molecular flexibility index (Phi) is 2.95. The Balaban J connectivity index is 2.39. The predicted molar refractivity (Wildman–Crippen MR) is 56.4 cm³/mol. The molecule has 17 heavy (non-hydrogen) atoms. The minimum Gasteiger partial charge on any atom is -0.394 e. The smallest absolute Gasteiger partial charge is 0.330 e. The van der Waals surface area contributed by atoms with Crippen LogP contribution in [0, 0.1) is 0 Å². The van der Waals surface area contributed by atoms with Crippen LogP contribution >= 0.6 is 0 Å². The number of halogens is 1. The molecular weight excluding hydrogens is 231 g/mol. The van der Waals surface area contributed by atoms with Gasteiger partial charge in [0.15, 0.2) is 12.4 Å². The molecule has 0 aliphatic carbocycles. The van der Waals surface area contributed by atoms with Crippen LogP contribution in [0.25, 0.3) is 0 Å². The normalized spacial score (nSPS) is 28.6. The van der Waals surface area contributed by atoms with E-state index in [0.29, 0.717) is 0 Å². The van der Waals surface area contributed by atoms with Crippen LogP contribution in [0.1, 0.15) is 6.23 Å². The van der Waals surface area contributed by atoms with E-state index in [9.17, 15) is 14.0 Å². The molecule has 0 unspecified atom stereocenters. The highest BCUT2D eigenvalue weighted by molar-refractivity contribution is 5.15. The van der Waals surface area contributed by atoms with Crippen molar-refractivity contribution < 1.29 is 14.2 Å². The van der Waals surface area contributed by atoms with E-state index >= 15 is 0 Å². The minimum absolute atomic E-state index is 0.0400. The van der Waals surface area contributed by atoms with E-state index < -0.39 is 36.4 Å². The van der Waals surface area contributed by atoms with Gasteiger partial charge >= 0.3 is 5.69 Å². The molecule has 1 aromatic rings. The first-order chi connectivity index (χ1) is 8.04. The number of alkyl halides is 1. The lowest BCUT2D eigenvalue weighted by Crippen LogP contribution is -2.32. The molecule has 7 heteroatoms. The zero-order valence-electron chi connectivity index (χ0n) is 8.80. The second-order valence-electron chi connectivity index (χ2n) is 3.70. The number of nitrogens with one attached hydrogen (secondary N) is 1. The number of ether oxygens (including phenoxy) is 1. The van der Waals surface area contributed by atoms with Gasteiger partial charge in [-0.3, -0.25) is 14.3 Å². The van der Waals surface area contributed by atoms with Gasteiger partial charge in [-0.1, -0.05) is 6.58 Å². The summed E-state index contributed by atoms with van der Waals surface area (Å²) in [7, 11) is 0. The molecule has 92 valence electrons. The first kappa shape index (κ1) is 11.7. The number of aliphatic hydroxyl groups is 1. The molecule has 1 fully saturated rings. The van der Waals surface area contributed by atoms with E-state index in [1.807, 2.05) is 4.98 Å². The summed E-state index contributed by atoms with van der Waals surface area (Å²) in [4.78, 5) is 24.4. The van der Waals surface area contributed by atoms with Gasteiger partial charge in [0.05, 0.1) is 6.61 Å². The Morgan fingerprint density at radius 3 is 2.82 bits per heavy atom. The molecule has 0 saturated carbocycles. The third kappa shape index (κ3) is 1.94. The summed E-state index contributed by atoms with van der Waals surface area (Å²) in [5.74, 6) is 0. The summed E-state index contributed by atoms with van der Waals surface area (Å²) in [6.45, 7) is 2.99. The van der Waals surface area contributed by atoms with E-state index in [4.69, 9.17) is 9.84 Å². The number of aliphatic hydroxyl groups excluding tert-OH is 1. The number of nitrogens with zero attached hydrogens (tertiary/aromatic N) is 1. The number of hydrogen-bond acceptors (Lipinski definition) is 4. The van der Waals surface area contributed by atoms with Crippen LogP contribution in [0.4, 0.5) is 4.39 Å². The molecule has 0 radical (unpaired) electrons. The SMILES string of the molecule is C=C1[C@@H](F)[C@@H](CO)O[C@H]1n1ccc(=O)[nH]c1=O. The maximum absolute atomic E-state index is 13.6. The van der Waals surface area contributed by atoms with Crippen LogP contribution < -0.4 is 11.2 Å². The predicted octanol–water partition coefficient (Wildman–Crippen LogP) is -0.679. The molecule has 2 heterocycles. The molecule has 1 aliphatic heterocycles. The van der Waals surface area contributed by atoms with Crippen LogP contribution in [-0.2, 0) is 4.74 Å². The Labute approximate surface area is 95.0 Å². The lowest BCUT2D eigenvalue weighted by Gasteiger charge is -2.14. The van der Waals surface area contributed by atoms with Gasteiger partial charge in [0.2, 0.25) is 0 Å². The van der Waals surface area contributed by atoms with E-state index in [2.05, 4.69) is 6.58 Å². The van der Waals surface area contributed by atoms with Crippen molar-refractivity contribution in [3.63, 3.8) is 0 Å². The highest BCUT2D eigenvalue weighted by Gasteiger charge is 2.39. The summed E-state index contributed by atoms with van der Waals surface area (Å²) in [5, 5.41) is 8.88. The zero-order chi connectivity index (χ0) is 12.6. The topological polar surface area (TPSA) is 84.3 Å². The van der Waals surface area contributed by atoms with Crippen LogP contribution in [0.3, 0.4) is 0 Å². The zero-order valence-corrected chi connectivity index (χ0v) is 8.80. The van der Waals surface area contributed by atoms with E-state index in [-0.39, 0.29) is 5.57 Å². The van der Waals surface area contributed by atoms with Crippen LogP contribution in [0.5, 0.6) is 0 Å². The molecule has 1 aliphatic rings. The highest BCUT2D eigenvalue weighted by Crippen LogP contribution is 2.33. The molecule has 0 bridgehead atoms. The molecule has 0 amide bonds. The van der Waals surface area contributed by atoms with Crippen LogP contribution in [0.2, 0.25) is 0 Å². The molecule has 2 rings (SSSR count). The fourth-order valence-electron chi connectivity index (χ4n) is 1.69. The average molecular weight is 242 g/mol. The van der Waals surface area contributed by atoms with E-state index in [1.54, 1.807) is 0 Å². The van der Waals surface area contributed by atoms with Gasteiger partial charge in [-0.2, -0.15) is 0 Å². The second kappa shape index (κ2) is 4.27. The van der Waals surface area contributed by atoms with Crippen molar-refractivity contribution in [1.82, 2.24) is 9.55 Å². The lowest BCUT2D eigenvalue weighted by atomic mass is 10.1. The van der Waals surface area contributed by atoms with Gasteiger partial charge in [-0.05, 0) is 0 Å². The quantitative estimate of drug-likeness (QED) is 0.673. The summed E-state index contributed by atoms with van der Waals surface area (Å²) in [6, 6.07) is 1.12. The Morgan fingerprint density at radius 1 is 1.59 bits per heavy atom. The first-order valence-electron chi connectivity index (χ1n) is 4.95. The molecule has 0 aromatic carbocycles. The third-order valence-electron chi connectivity index (χ3n) is 2.59. The standard InChI is InChI=1S/C10H11FN2O4/c1-5-8(11)6(4-14)17-9(5)13-3-2-7(15)12-10(13)16/h2-3,6,8-9,14H,1,4H2,(H,12,15,16)/t6-,8-,9-/m1/s1. The number of aromatic nitrogens is 2. The largest absolute Gasteiger partial charge is 0.394 e. The van der Waals surface area contributed by atoms with Crippen molar-refractivity contribution in [3.8, 4) is 0 Å². The molecule has 1 saturated heterocycles. The van der Waals surface area contributed by atoms with Crippen LogP contribution in [0.15, 0.2) is 34.0 Å². The van der Waals surface area contributed by atoms with Crippen LogP contribution in [-0.4, -0.2) is 33.5 Å². The number of rotatable bonds is 2. The van der Waals surface area contributed by atoms with Crippen molar-refractivity contribution in [2.24, 2.45) is 0 Å². The average Bonchev–Trinajstić information content (AvgIpc) is 2.57. The van der Waals surface area contributed by atoms with Gasteiger partial charge in [0.1, 0.15) is 6.10 Å². The van der Waals surface area contributed by atoms with Crippen molar-refractivity contribution in [2.45, 2.75) is 18.5 Å².